The van der Waals surface area contributed by atoms with E-state index in [4.69, 9.17) is 10.5 Å². The Kier molecular flexibility index (Phi) is 4.10. The van der Waals surface area contributed by atoms with E-state index in [2.05, 4.69) is 19.2 Å². The van der Waals surface area contributed by atoms with Gasteiger partial charge in [-0.1, -0.05) is 13.8 Å². The van der Waals surface area contributed by atoms with Crippen LogP contribution in [0.4, 0.5) is 24.5 Å². The number of hydrogen-bond donors (Lipinski definition) is 2. The summed E-state index contributed by atoms with van der Waals surface area (Å²) in [4.78, 5) is 0. The van der Waals surface area contributed by atoms with E-state index in [0.29, 0.717) is 12.3 Å². The van der Waals surface area contributed by atoms with E-state index >= 15 is 0 Å². The van der Waals surface area contributed by atoms with Gasteiger partial charge in [0.2, 0.25) is 0 Å². The third-order valence-electron chi connectivity index (χ3n) is 4.25. The standard InChI is InChI=1S/C15H21F3N2O/c1-4-21-13-8-12(14(13,2)3)20-11-6-5-9(7-10(11)19)15(16,17)18/h5-7,12-13,20H,4,8,19H2,1-3H3. The van der Waals surface area contributed by atoms with Crippen molar-refractivity contribution >= 4 is 11.4 Å². The average Bonchev–Trinajstić information content (AvgIpc) is 2.38. The molecule has 0 aliphatic heterocycles. The van der Waals surface area contributed by atoms with Crippen molar-refractivity contribution < 1.29 is 17.9 Å². The van der Waals surface area contributed by atoms with E-state index in [0.717, 1.165) is 18.6 Å². The van der Waals surface area contributed by atoms with Crippen LogP contribution in [-0.4, -0.2) is 18.8 Å². The molecule has 1 aliphatic rings. The highest BCUT2D eigenvalue weighted by Gasteiger charge is 2.49. The monoisotopic (exact) mass is 302 g/mol. The van der Waals surface area contributed by atoms with E-state index < -0.39 is 11.7 Å². The number of halogens is 3. The van der Waals surface area contributed by atoms with Crippen LogP contribution in [0.5, 0.6) is 0 Å². The molecule has 0 amide bonds. The molecule has 1 aliphatic carbocycles. The van der Waals surface area contributed by atoms with Gasteiger partial charge < -0.3 is 15.8 Å². The Hall–Kier alpha value is -1.43. The van der Waals surface area contributed by atoms with Crippen LogP contribution in [0.25, 0.3) is 0 Å². The summed E-state index contributed by atoms with van der Waals surface area (Å²) in [5.41, 5.74) is 5.57. The van der Waals surface area contributed by atoms with Crippen LogP contribution in [0.2, 0.25) is 0 Å². The number of nitrogens with one attached hydrogen (secondary N) is 1. The zero-order chi connectivity index (χ0) is 15.8. The molecule has 0 bridgehead atoms. The molecule has 3 nitrogen and oxygen atoms in total. The predicted octanol–water partition coefficient (Wildman–Crippen LogP) is 3.90. The summed E-state index contributed by atoms with van der Waals surface area (Å²) in [7, 11) is 0. The van der Waals surface area contributed by atoms with Crippen LogP contribution in [0, 0.1) is 5.41 Å². The van der Waals surface area contributed by atoms with Crippen molar-refractivity contribution in [2.75, 3.05) is 17.7 Å². The zero-order valence-corrected chi connectivity index (χ0v) is 12.4. The van der Waals surface area contributed by atoms with E-state index in [1.54, 1.807) is 0 Å². The largest absolute Gasteiger partial charge is 0.416 e. The molecule has 2 rings (SSSR count). The SMILES string of the molecule is CCOC1CC(Nc2ccc(C(F)(F)F)cc2N)C1(C)C. The lowest BCUT2D eigenvalue weighted by molar-refractivity contribution is -0.137. The van der Waals surface area contributed by atoms with Gasteiger partial charge >= 0.3 is 6.18 Å². The first kappa shape index (κ1) is 15.9. The number of nitrogens with two attached hydrogens (primary N) is 1. The lowest BCUT2D eigenvalue weighted by Crippen LogP contribution is -2.58. The second-order valence-corrected chi connectivity index (χ2v) is 6.00. The maximum atomic E-state index is 12.6. The molecular weight excluding hydrogens is 281 g/mol. The fraction of sp³-hybridized carbons (Fsp3) is 0.600. The Balaban J connectivity index is 2.08. The van der Waals surface area contributed by atoms with Crippen LogP contribution in [-0.2, 0) is 10.9 Å². The molecule has 0 heterocycles. The summed E-state index contributed by atoms with van der Waals surface area (Å²) in [6.45, 7) is 6.76. The third-order valence-corrected chi connectivity index (χ3v) is 4.25. The van der Waals surface area contributed by atoms with Gasteiger partial charge in [0.25, 0.3) is 0 Å². The molecule has 2 unspecified atom stereocenters. The van der Waals surface area contributed by atoms with Crippen LogP contribution in [0.15, 0.2) is 18.2 Å². The first-order chi connectivity index (χ1) is 9.66. The Bertz CT molecular complexity index is 514. The van der Waals surface area contributed by atoms with Crippen molar-refractivity contribution in [1.82, 2.24) is 0 Å². The third kappa shape index (κ3) is 3.10. The molecule has 118 valence electrons. The van der Waals surface area contributed by atoms with Gasteiger partial charge in [-0.25, -0.2) is 0 Å². The summed E-state index contributed by atoms with van der Waals surface area (Å²) in [5, 5.41) is 3.23. The fourth-order valence-electron chi connectivity index (χ4n) is 2.67. The van der Waals surface area contributed by atoms with Gasteiger partial charge in [-0.2, -0.15) is 13.2 Å². The van der Waals surface area contributed by atoms with Gasteiger partial charge in [-0.05, 0) is 31.5 Å². The minimum atomic E-state index is -4.37. The summed E-state index contributed by atoms with van der Waals surface area (Å²) >= 11 is 0. The summed E-state index contributed by atoms with van der Waals surface area (Å²) in [6, 6.07) is 3.54. The molecule has 1 saturated carbocycles. The Morgan fingerprint density at radius 1 is 1.38 bits per heavy atom. The van der Waals surface area contributed by atoms with Crippen LogP contribution in [0.3, 0.4) is 0 Å². The molecule has 2 atom stereocenters. The number of benzene rings is 1. The van der Waals surface area contributed by atoms with Gasteiger partial charge in [0.05, 0.1) is 23.0 Å². The first-order valence-electron chi connectivity index (χ1n) is 7.01. The molecular formula is C15H21F3N2O. The molecule has 3 N–H and O–H groups in total. The van der Waals surface area contributed by atoms with Crippen LogP contribution < -0.4 is 11.1 Å². The van der Waals surface area contributed by atoms with E-state index in [1.165, 1.54) is 6.07 Å². The molecule has 1 aromatic carbocycles. The smallest absolute Gasteiger partial charge is 0.397 e. The molecule has 0 saturated heterocycles. The number of rotatable bonds is 4. The van der Waals surface area contributed by atoms with Gasteiger partial charge in [0, 0.05) is 18.1 Å². The van der Waals surface area contributed by atoms with Crippen molar-refractivity contribution in [2.45, 2.75) is 45.5 Å². The fourth-order valence-corrected chi connectivity index (χ4v) is 2.67. The number of anilines is 2. The highest BCUT2D eigenvalue weighted by atomic mass is 19.4. The van der Waals surface area contributed by atoms with Crippen LogP contribution in [0.1, 0.15) is 32.8 Å². The van der Waals surface area contributed by atoms with Gasteiger partial charge in [-0.3, -0.25) is 0 Å². The van der Waals surface area contributed by atoms with Crippen molar-refractivity contribution in [3.8, 4) is 0 Å². The molecule has 0 radical (unpaired) electrons. The normalized spacial score (nSPS) is 24.5. The first-order valence-corrected chi connectivity index (χ1v) is 7.01. The Morgan fingerprint density at radius 3 is 2.52 bits per heavy atom. The van der Waals surface area contributed by atoms with Crippen molar-refractivity contribution in [2.24, 2.45) is 5.41 Å². The number of hydrogen-bond acceptors (Lipinski definition) is 3. The van der Waals surface area contributed by atoms with Crippen molar-refractivity contribution in [1.29, 1.82) is 0 Å². The lowest BCUT2D eigenvalue weighted by Gasteiger charge is -2.52. The Labute approximate surface area is 122 Å². The van der Waals surface area contributed by atoms with Gasteiger partial charge in [0.15, 0.2) is 0 Å². The van der Waals surface area contributed by atoms with Crippen molar-refractivity contribution in [3.63, 3.8) is 0 Å². The minimum absolute atomic E-state index is 0.0782. The maximum Gasteiger partial charge on any atom is 0.416 e. The van der Waals surface area contributed by atoms with E-state index in [-0.39, 0.29) is 23.2 Å². The predicted molar refractivity (Wildman–Crippen MR) is 77.1 cm³/mol. The van der Waals surface area contributed by atoms with Gasteiger partial charge in [0.1, 0.15) is 0 Å². The molecule has 0 aromatic heterocycles. The quantitative estimate of drug-likeness (QED) is 0.829. The van der Waals surface area contributed by atoms with E-state index in [1.807, 2.05) is 6.92 Å². The van der Waals surface area contributed by atoms with E-state index in [9.17, 15) is 13.2 Å². The molecule has 21 heavy (non-hydrogen) atoms. The molecule has 6 heteroatoms. The second-order valence-electron chi connectivity index (χ2n) is 6.00. The highest BCUT2D eigenvalue weighted by Crippen LogP contribution is 2.45. The maximum absolute atomic E-state index is 12.6. The summed E-state index contributed by atoms with van der Waals surface area (Å²) < 4.78 is 43.5. The number of ether oxygens (including phenoxy) is 1. The highest BCUT2D eigenvalue weighted by molar-refractivity contribution is 5.68. The van der Waals surface area contributed by atoms with Crippen molar-refractivity contribution in [3.05, 3.63) is 23.8 Å². The summed E-state index contributed by atoms with van der Waals surface area (Å²) in [5.74, 6) is 0. The zero-order valence-electron chi connectivity index (χ0n) is 12.4. The number of nitrogen functional groups attached to an aromatic ring is 1. The molecule has 1 fully saturated rings. The second kappa shape index (κ2) is 5.40. The summed E-state index contributed by atoms with van der Waals surface area (Å²) in [6.07, 6.45) is -3.39. The topological polar surface area (TPSA) is 47.3 Å². The van der Waals surface area contributed by atoms with Gasteiger partial charge in [-0.15, -0.1) is 0 Å². The lowest BCUT2D eigenvalue weighted by atomic mass is 9.64. The Morgan fingerprint density at radius 2 is 2.05 bits per heavy atom. The van der Waals surface area contributed by atoms with Crippen LogP contribution >= 0.6 is 0 Å². The average molecular weight is 302 g/mol. The molecule has 1 aromatic rings. The number of alkyl halides is 3. The minimum Gasteiger partial charge on any atom is -0.397 e. The molecule has 0 spiro atoms.